The third-order valence-electron chi connectivity index (χ3n) is 4.19. The van der Waals surface area contributed by atoms with Gasteiger partial charge < -0.3 is 14.6 Å². The predicted octanol–water partition coefficient (Wildman–Crippen LogP) is 1.83. The minimum absolute atomic E-state index is 0.170. The molecule has 0 radical (unpaired) electrons. The maximum atomic E-state index is 5.84. The van der Waals surface area contributed by atoms with Gasteiger partial charge >= 0.3 is 0 Å². The van der Waals surface area contributed by atoms with Gasteiger partial charge in [-0.25, -0.2) is 4.98 Å². The van der Waals surface area contributed by atoms with Crippen molar-refractivity contribution in [3.05, 3.63) is 18.2 Å². The molecule has 2 heterocycles. The fourth-order valence-corrected chi connectivity index (χ4v) is 3.13. The molecule has 0 spiro atoms. The Balaban J connectivity index is 1.87. The van der Waals surface area contributed by atoms with Crippen LogP contribution in [0.2, 0.25) is 0 Å². The van der Waals surface area contributed by atoms with E-state index in [0.29, 0.717) is 0 Å². The quantitative estimate of drug-likeness (QED) is 0.850. The summed E-state index contributed by atoms with van der Waals surface area (Å²) in [6.07, 6.45) is 9.31. The summed E-state index contributed by atoms with van der Waals surface area (Å²) in [6.45, 7) is 5.01. The summed E-state index contributed by atoms with van der Waals surface area (Å²) < 4.78 is 8.20. The summed E-state index contributed by atoms with van der Waals surface area (Å²) in [6, 6.07) is 0. The molecule has 1 saturated carbocycles. The minimum atomic E-state index is 0.170. The van der Waals surface area contributed by atoms with Crippen molar-refractivity contribution >= 4 is 0 Å². The Labute approximate surface area is 102 Å². The Bertz CT molecular complexity index is 376. The summed E-state index contributed by atoms with van der Waals surface area (Å²) in [5.41, 5.74) is 1.49. The van der Waals surface area contributed by atoms with Crippen LogP contribution >= 0.6 is 0 Å². The van der Waals surface area contributed by atoms with Crippen LogP contribution in [0.3, 0.4) is 0 Å². The molecule has 0 amide bonds. The van der Waals surface area contributed by atoms with Gasteiger partial charge in [-0.3, -0.25) is 0 Å². The van der Waals surface area contributed by atoms with Gasteiger partial charge in [0, 0.05) is 18.6 Å². The number of nitrogens with zero attached hydrogens (tertiary/aromatic N) is 2. The van der Waals surface area contributed by atoms with Gasteiger partial charge in [-0.1, -0.05) is 12.8 Å². The number of morpholine rings is 1. The second-order valence-electron chi connectivity index (χ2n) is 5.46. The molecular formula is C13H21N3O. The van der Waals surface area contributed by atoms with Crippen LogP contribution in [-0.2, 0) is 10.3 Å². The van der Waals surface area contributed by atoms with E-state index in [4.69, 9.17) is 4.74 Å². The second kappa shape index (κ2) is 4.42. The number of nitrogens with one attached hydrogen (secondary N) is 1. The van der Waals surface area contributed by atoms with Crippen molar-refractivity contribution in [1.29, 1.82) is 0 Å². The maximum absolute atomic E-state index is 5.84. The zero-order valence-corrected chi connectivity index (χ0v) is 10.5. The molecular weight excluding hydrogens is 214 g/mol. The summed E-state index contributed by atoms with van der Waals surface area (Å²) in [7, 11) is 0. The fourth-order valence-electron chi connectivity index (χ4n) is 3.13. The lowest BCUT2D eigenvalue weighted by Crippen LogP contribution is -2.36. The highest BCUT2D eigenvalue weighted by Crippen LogP contribution is 2.38. The van der Waals surface area contributed by atoms with E-state index >= 15 is 0 Å². The lowest BCUT2D eigenvalue weighted by atomic mass is 9.99. The Morgan fingerprint density at radius 3 is 3.00 bits per heavy atom. The van der Waals surface area contributed by atoms with Gasteiger partial charge in [0.05, 0.1) is 24.8 Å². The Hall–Kier alpha value is -0.870. The maximum Gasteiger partial charge on any atom is 0.111 e. The summed E-state index contributed by atoms with van der Waals surface area (Å²) in [5.74, 6) is 0. The van der Waals surface area contributed by atoms with Crippen LogP contribution in [0, 0.1) is 0 Å². The highest BCUT2D eigenvalue weighted by Gasteiger charge is 2.33. The number of ether oxygens (including phenoxy) is 1. The summed E-state index contributed by atoms with van der Waals surface area (Å²) in [5, 5.41) is 3.39. The van der Waals surface area contributed by atoms with E-state index in [2.05, 4.69) is 21.8 Å². The van der Waals surface area contributed by atoms with Gasteiger partial charge in [0.15, 0.2) is 0 Å². The van der Waals surface area contributed by atoms with Gasteiger partial charge in [0.1, 0.15) is 6.10 Å². The first-order valence-electron chi connectivity index (χ1n) is 6.65. The first-order chi connectivity index (χ1) is 8.30. The number of aromatic nitrogens is 2. The molecule has 4 heteroatoms. The van der Waals surface area contributed by atoms with E-state index < -0.39 is 0 Å². The average Bonchev–Trinajstić information content (AvgIpc) is 2.99. The van der Waals surface area contributed by atoms with Crippen LogP contribution in [0.15, 0.2) is 12.5 Å². The Morgan fingerprint density at radius 2 is 2.29 bits per heavy atom. The van der Waals surface area contributed by atoms with Crippen molar-refractivity contribution < 1.29 is 4.74 Å². The van der Waals surface area contributed by atoms with Gasteiger partial charge in [-0.2, -0.15) is 0 Å². The van der Waals surface area contributed by atoms with Crippen molar-refractivity contribution in [1.82, 2.24) is 14.9 Å². The van der Waals surface area contributed by atoms with Crippen LogP contribution in [0.4, 0.5) is 0 Å². The van der Waals surface area contributed by atoms with Crippen molar-refractivity contribution in [3.63, 3.8) is 0 Å². The topological polar surface area (TPSA) is 39.1 Å². The molecule has 0 aromatic carbocycles. The zero-order valence-electron chi connectivity index (χ0n) is 10.5. The lowest BCUT2D eigenvalue weighted by Gasteiger charge is -2.32. The van der Waals surface area contributed by atoms with Crippen LogP contribution < -0.4 is 5.32 Å². The molecule has 17 heavy (non-hydrogen) atoms. The first kappa shape index (κ1) is 11.2. The standard InChI is InChI=1S/C13H21N3O/c1-13(4-2-3-5-13)16-10-15-8-11(16)12-9-14-6-7-17-12/h8,10,12,14H,2-7,9H2,1H3. The SMILES string of the molecule is CC1(n2cncc2C2CNCCO2)CCCC1. The van der Waals surface area contributed by atoms with Crippen molar-refractivity contribution in [2.75, 3.05) is 19.7 Å². The van der Waals surface area contributed by atoms with Crippen LogP contribution in [0.1, 0.15) is 44.4 Å². The van der Waals surface area contributed by atoms with E-state index in [0.717, 1.165) is 19.7 Å². The molecule has 0 bridgehead atoms. The molecule has 4 nitrogen and oxygen atoms in total. The number of rotatable bonds is 2. The third-order valence-corrected chi connectivity index (χ3v) is 4.19. The smallest absolute Gasteiger partial charge is 0.111 e. The zero-order chi connectivity index (χ0) is 11.7. The number of hydrogen-bond acceptors (Lipinski definition) is 3. The highest BCUT2D eigenvalue weighted by molar-refractivity contribution is 5.09. The van der Waals surface area contributed by atoms with Gasteiger partial charge in [-0.05, 0) is 19.8 Å². The van der Waals surface area contributed by atoms with Gasteiger partial charge in [-0.15, -0.1) is 0 Å². The Kier molecular flexibility index (Phi) is 2.92. The predicted molar refractivity (Wildman–Crippen MR) is 65.9 cm³/mol. The molecule has 3 rings (SSSR count). The molecule has 1 aromatic heterocycles. The van der Waals surface area contributed by atoms with Crippen molar-refractivity contribution in [2.45, 2.75) is 44.2 Å². The van der Waals surface area contributed by atoms with Crippen LogP contribution in [-0.4, -0.2) is 29.2 Å². The molecule has 1 atom stereocenters. The Morgan fingerprint density at radius 1 is 1.47 bits per heavy atom. The lowest BCUT2D eigenvalue weighted by molar-refractivity contribution is 0.0200. The van der Waals surface area contributed by atoms with Crippen LogP contribution in [0.25, 0.3) is 0 Å². The first-order valence-corrected chi connectivity index (χ1v) is 6.65. The number of imidazole rings is 1. The van der Waals surface area contributed by atoms with E-state index in [1.807, 2.05) is 12.5 Å². The molecule has 1 aliphatic carbocycles. The van der Waals surface area contributed by atoms with Crippen molar-refractivity contribution in [3.8, 4) is 0 Å². The molecule has 2 aliphatic rings. The monoisotopic (exact) mass is 235 g/mol. The molecule has 1 aliphatic heterocycles. The van der Waals surface area contributed by atoms with Crippen molar-refractivity contribution in [2.24, 2.45) is 0 Å². The fraction of sp³-hybridized carbons (Fsp3) is 0.769. The largest absolute Gasteiger partial charge is 0.369 e. The van der Waals surface area contributed by atoms with E-state index in [1.54, 1.807) is 0 Å². The van der Waals surface area contributed by atoms with Crippen LogP contribution in [0.5, 0.6) is 0 Å². The third kappa shape index (κ3) is 2.00. The highest BCUT2D eigenvalue weighted by atomic mass is 16.5. The molecule has 2 fully saturated rings. The van der Waals surface area contributed by atoms with Gasteiger partial charge in [0.2, 0.25) is 0 Å². The van der Waals surface area contributed by atoms with Gasteiger partial charge in [0.25, 0.3) is 0 Å². The number of hydrogen-bond donors (Lipinski definition) is 1. The molecule has 1 unspecified atom stereocenters. The molecule has 1 aromatic rings. The summed E-state index contributed by atoms with van der Waals surface area (Å²) >= 11 is 0. The average molecular weight is 235 g/mol. The molecule has 94 valence electrons. The van der Waals surface area contributed by atoms with E-state index in [1.165, 1.54) is 31.4 Å². The summed E-state index contributed by atoms with van der Waals surface area (Å²) in [4.78, 5) is 4.34. The second-order valence-corrected chi connectivity index (χ2v) is 5.46. The molecule has 1 saturated heterocycles. The minimum Gasteiger partial charge on any atom is -0.369 e. The molecule has 1 N–H and O–H groups in total. The normalized spacial score (nSPS) is 28.4. The van der Waals surface area contributed by atoms with E-state index in [-0.39, 0.29) is 11.6 Å². The van der Waals surface area contributed by atoms with E-state index in [9.17, 15) is 0 Å².